The molecule has 0 saturated heterocycles. The summed E-state index contributed by atoms with van der Waals surface area (Å²) in [5.41, 5.74) is 1.02. The van der Waals surface area contributed by atoms with E-state index in [0.717, 1.165) is 6.07 Å². The van der Waals surface area contributed by atoms with Crippen molar-refractivity contribution in [3.63, 3.8) is 0 Å². The molecular formula is C17H19F2N2O2+. The molecule has 0 bridgehead atoms. The second-order valence-corrected chi connectivity index (χ2v) is 5.17. The Morgan fingerprint density at radius 2 is 1.91 bits per heavy atom. The maximum atomic E-state index is 13.7. The molecule has 122 valence electrons. The topological polar surface area (TPSA) is 54.9 Å². The Morgan fingerprint density at radius 1 is 1.22 bits per heavy atom. The monoisotopic (exact) mass is 321 g/mol. The van der Waals surface area contributed by atoms with Crippen LogP contribution in [0, 0.1) is 11.6 Å². The number of nitrogens with one attached hydrogen (secondary N) is 1. The number of anilines is 1. The van der Waals surface area contributed by atoms with Crippen LogP contribution in [0.15, 0.2) is 42.5 Å². The molecule has 1 amide bonds. The van der Waals surface area contributed by atoms with E-state index in [4.69, 9.17) is 4.74 Å². The number of carbonyl (C=O) groups is 1. The van der Waals surface area contributed by atoms with Gasteiger partial charge in [0.05, 0.1) is 7.11 Å². The fourth-order valence-electron chi connectivity index (χ4n) is 2.17. The van der Waals surface area contributed by atoms with Gasteiger partial charge in [0.15, 0.2) is 6.54 Å². The Hall–Kier alpha value is -2.47. The summed E-state index contributed by atoms with van der Waals surface area (Å²) in [6, 6.07) is 10.1. The van der Waals surface area contributed by atoms with E-state index in [1.165, 1.54) is 12.1 Å². The van der Waals surface area contributed by atoms with Crippen LogP contribution in [0.4, 0.5) is 14.5 Å². The Labute approximate surface area is 133 Å². The number of rotatable bonds is 6. The van der Waals surface area contributed by atoms with E-state index in [-0.39, 0.29) is 18.5 Å². The van der Waals surface area contributed by atoms with Crippen molar-refractivity contribution in [1.82, 2.24) is 0 Å². The molecule has 1 atom stereocenters. The second-order valence-electron chi connectivity index (χ2n) is 5.17. The first-order chi connectivity index (χ1) is 11.0. The molecule has 2 rings (SSSR count). The lowest BCUT2D eigenvalue weighted by atomic mass is 10.1. The normalized spacial score (nSPS) is 11.8. The summed E-state index contributed by atoms with van der Waals surface area (Å²) in [5, 5.41) is 4.43. The molecule has 0 heterocycles. The average molecular weight is 321 g/mol. The molecule has 0 radical (unpaired) electrons. The summed E-state index contributed by atoms with van der Waals surface area (Å²) in [6.07, 6.45) is 0. The minimum atomic E-state index is -0.615. The molecule has 0 fully saturated rings. The van der Waals surface area contributed by atoms with Crippen molar-refractivity contribution in [2.45, 2.75) is 13.0 Å². The van der Waals surface area contributed by atoms with Gasteiger partial charge in [-0.2, -0.15) is 0 Å². The van der Waals surface area contributed by atoms with Gasteiger partial charge in [-0.15, -0.1) is 0 Å². The van der Waals surface area contributed by atoms with Gasteiger partial charge in [0.1, 0.15) is 23.4 Å². The molecule has 6 heteroatoms. The Bertz CT molecular complexity index is 675. The highest BCUT2D eigenvalue weighted by Gasteiger charge is 2.16. The highest BCUT2D eigenvalue weighted by molar-refractivity contribution is 5.91. The van der Waals surface area contributed by atoms with Crippen LogP contribution in [-0.4, -0.2) is 19.6 Å². The Balaban J connectivity index is 1.87. The number of hydrogen-bond donors (Lipinski definition) is 2. The molecule has 0 aliphatic heterocycles. The lowest BCUT2D eigenvalue weighted by Gasteiger charge is -2.12. The first-order valence-electron chi connectivity index (χ1n) is 7.22. The summed E-state index contributed by atoms with van der Waals surface area (Å²) in [7, 11) is 1.57. The van der Waals surface area contributed by atoms with Crippen LogP contribution in [0.3, 0.4) is 0 Å². The molecule has 0 aromatic heterocycles. The lowest BCUT2D eigenvalue weighted by molar-refractivity contribution is -0.682. The van der Waals surface area contributed by atoms with Gasteiger partial charge < -0.3 is 15.4 Å². The van der Waals surface area contributed by atoms with E-state index < -0.39 is 11.6 Å². The number of carbonyl (C=O) groups excluding carboxylic acids is 1. The Morgan fingerprint density at radius 3 is 2.52 bits per heavy atom. The zero-order valence-corrected chi connectivity index (χ0v) is 13.0. The maximum Gasteiger partial charge on any atom is 0.279 e. The predicted molar refractivity (Wildman–Crippen MR) is 83.2 cm³/mol. The fraction of sp³-hybridized carbons (Fsp3) is 0.235. The molecule has 0 aliphatic carbocycles. The number of hydrogen-bond acceptors (Lipinski definition) is 2. The molecule has 2 aromatic carbocycles. The second kappa shape index (κ2) is 7.69. The van der Waals surface area contributed by atoms with Gasteiger partial charge >= 0.3 is 0 Å². The molecule has 4 nitrogen and oxygen atoms in total. The maximum absolute atomic E-state index is 13.7. The van der Waals surface area contributed by atoms with Crippen LogP contribution in [0.1, 0.15) is 18.5 Å². The highest BCUT2D eigenvalue weighted by Crippen LogP contribution is 2.15. The molecule has 0 spiro atoms. The fourth-order valence-corrected chi connectivity index (χ4v) is 2.17. The van der Waals surface area contributed by atoms with Crippen molar-refractivity contribution >= 4 is 11.6 Å². The number of ether oxygens (including phenoxy) is 1. The highest BCUT2D eigenvalue weighted by atomic mass is 19.1. The van der Waals surface area contributed by atoms with E-state index in [1.807, 2.05) is 0 Å². The number of methoxy groups -OCH3 is 1. The van der Waals surface area contributed by atoms with Crippen LogP contribution < -0.4 is 15.4 Å². The molecule has 0 aliphatic rings. The SMILES string of the molecule is COc1ccc(NC(=O)C[NH2+][C@@H](C)c2ccc(F)cc2F)cc1. The van der Waals surface area contributed by atoms with Gasteiger partial charge in [0.25, 0.3) is 5.91 Å². The quantitative estimate of drug-likeness (QED) is 0.857. The first kappa shape index (κ1) is 16.9. The average Bonchev–Trinajstić information content (AvgIpc) is 2.53. The molecule has 3 N–H and O–H groups in total. The van der Waals surface area contributed by atoms with E-state index in [1.54, 1.807) is 43.6 Å². The largest absolute Gasteiger partial charge is 0.497 e. The zero-order valence-electron chi connectivity index (χ0n) is 13.0. The van der Waals surface area contributed by atoms with Crippen LogP contribution >= 0.6 is 0 Å². The standard InChI is InChI=1S/C17H18F2N2O2/c1-11(15-8-3-12(18)9-16(15)19)20-10-17(22)21-13-4-6-14(23-2)7-5-13/h3-9,11,20H,10H2,1-2H3,(H,21,22)/p+1/t11-/m0/s1. The Kier molecular flexibility index (Phi) is 5.65. The van der Waals surface area contributed by atoms with E-state index >= 15 is 0 Å². The summed E-state index contributed by atoms with van der Waals surface area (Å²) in [4.78, 5) is 11.9. The number of halogens is 2. The van der Waals surface area contributed by atoms with Crippen LogP contribution in [0.25, 0.3) is 0 Å². The van der Waals surface area contributed by atoms with E-state index in [2.05, 4.69) is 5.32 Å². The van der Waals surface area contributed by atoms with Gasteiger partial charge in [-0.25, -0.2) is 8.78 Å². The number of amides is 1. The molecule has 23 heavy (non-hydrogen) atoms. The number of quaternary nitrogens is 1. The van der Waals surface area contributed by atoms with Crippen molar-refractivity contribution in [3.05, 3.63) is 59.7 Å². The van der Waals surface area contributed by atoms with Crippen molar-refractivity contribution in [1.29, 1.82) is 0 Å². The van der Waals surface area contributed by atoms with Gasteiger partial charge in [0.2, 0.25) is 0 Å². The third-order valence-electron chi connectivity index (χ3n) is 3.48. The van der Waals surface area contributed by atoms with Crippen molar-refractivity contribution in [2.75, 3.05) is 19.0 Å². The number of nitrogens with two attached hydrogens (primary N) is 1. The smallest absolute Gasteiger partial charge is 0.279 e. The third-order valence-corrected chi connectivity index (χ3v) is 3.48. The summed E-state index contributed by atoms with van der Waals surface area (Å²) in [5.74, 6) is -0.723. The van der Waals surface area contributed by atoms with Crippen LogP contribution in [0.5, 0.6) is 5.75 Å². The van der Waals surface area contributed by atoms with Crippen molar-refractivity contribution in [2.24, 2.45) is 0 Å². The van der Waals surface area contributed by atoms with Gasteiger partial charge in [-0.3, -0.25) is 4.79 Å². The molecular weight excluding hydrogens is 302 g/mol. The zero-order chi connectivity index (χ0) is 16.8. The summed E-state index contributed by atoms with van der Waals surface area (Å²) in [6.45, 7) is 1.89. The lowest BCUT2D eigenvalue weighted by Crippen LogP contribution is -2.86. The van der Waals surface area contributed by atoms with Crippen molar-refractivity contribution in [3.8, 4) is 5.75 Å². The minimum absolute atomic E-state index is 0.129. The summed E-state index contributed by atoms with van der Waals surface area (Å²) >= 11 is 0. The molecule has 2 aromatic rings. The van der Waals surface area contributed by atoms with Crippen LogP contribution in [-0.2, 0) is 4.79 Å². The van der Waals surface area contributed by atoms with E-state index in [9.17, 15) is 13.6 Å². The minimum Gasteiger partial charge on any atom is -0.497 e. The summed E-state index contributed by atoms with van der Waals surface area (Å²) < 4.78 is 31.6. The van der Waals surface area contributed by atoms with E-state index in [0.29, 0.717) is 17.0 Å². The number of benzene rings is 2. The van der Waals surface area contributed by atoms with Gasteiger partial charge in [0, 0.05) is 17.3 Å². The molecule has 0 saturated carbocycles. The first-order valence-corrected chi connectivity index (χ1v) is 7.22. The third kappa shape index (κ3) is 4.75. The van der Waals surface area contributed by atoms with Crippen LogP contribution in [0.2, 0.25) is 0 Å². The van der Waals surface area contributed by atoms with Crippen molar-refractivity contribution < 1.29 is 23.6 Å². The molecule has 0 unspecified atom stereocenters. The van der Waals surface area contributed by atoms with Gasteiger partial charge in [-0.05, 0) is 43.3 Å². The predicted octanol–water partition coefficient (Wildman–Crippen LogP) is 2.24. The van der Waals surface area contributed by atoms with Gasteiger partial charge in [-0.1, -0.05) is 0 Å².